The highest BCUT2D eigenvalue weighted by atomic mass is 16.5. The molecule has 0 aliphatic rings. The van der Waals surface area contributed by atoms with E-state index >= 15 is 0 Å². The largest absolute Gasteiger partial charge is 0.466 e. The fourth-order valence-electron chi connectivity index (χ4n) is 0.437. The molecule has 0 saturated heterocycles. The molecule has 0 aliphatic heterocycles. The highest BCUT2D eigenvalue weighted by Crippen LogP contribution is 1.89. The zero-order valence-electron chi connectivity index (χ0n) is 6.46. The Hall–Kier alpha value is -0.610. The van der Waals surface area contributed by atoms with Gasteiger partial charge in [-0.2, -0.15) is 0 Å². The van der Waals surface area contributed by atoms with Crippen molar-refractivity contribution in [1.29, 1.82) is 0 Å². The average molecular weight is 149 g/mol. The van der Waals surface area contributed by atoms with Crippen LogP contribution in [0.3, 0.4) is 0 Å². The van der Waals surface area contributed by atoms with Gasteiger partial charge in [-0.15, -0.1) is 0 Å². The molecule has 0 rings (SSSR count). The van der Waals surface area contributed by atoms with Gasteiger partial charge in [0.15, 0.2) is 0 Å². The standard InChI is InChI=1S/C6H12O2.H3NO/c1-3-5-6(7)8-4-2;1-2/h3-5H2,1-2H3;2H,1H2. The number of carbonyl (C=O) groups is 1. The fraction of sp³-hybridized carbons (Fsp3) is 0.833. The molecule has 0 saturated carbocycles. The fourth-order valence-corrected chi connectivity index (χ4v) is 0.437. The molecule has 0 amide bonds. The summed E-state index contributed by atoms with van der Waals surface area (Å²) in [5.41, 5.74) is 0. The van der Waals surface area contributed by atoms with Gasteiger partial charge in [-0.3, -0.25) is 4.79 Å². The van der Waals surface area contributed by atoms with Crippen molar-refractivity contribution in [2.45, 2.75) is 26.7 Å². The summed E-state index contributed by atoms with van der Waals surface area (Å²) in [5, 5.41) is 6.50. The van der Waals surface area contributed by atoms with Gasteiger partial charge in [-0.25, -0.2) is 5.90 Å². The molecule has 0 radical (unpaired) electrons. The van der Waals surface area contributed by atoms with Gasteiger partial charge in [-0.05, 0) is 13.3 Å². The van der Waals surface area contributed by atoms with E-state index in [0.29, 0.717) is 13.0 Å². The minimum Gasteiger partial charge on any atom is -0.466 e. The van der Waals surface area contributed by atoms with E-state index in [-0.39, 0.29) is 5.97 Å². The Morgan fingerprint density at radius 1 is 1.50 bits per heavy atom. The summed E-state index contributed by atoms with van der Waals surface area (Å²) in [6.07, 6.45) is 1.42. The molecule has 0 spiro atoms. The first-order chi connectivity index (χ1) is 4.81. The lowest BCUT2D eigenvalue weighted by atomic mass is 10.3. The summed E-state index contributed by atoms with van der Waals surface area (Å²) >= 11 is 0. The molecule has 0 aromatic rings. The van der Waals surface area contributed by atoms with Crippen LogP contribution in [0.15, 0.2) is 0 Å². The molecule has 4 heteroatoms. The Bertz CT molecular complexity index is 67.4. The molecule has 4 nitrogen and oxygen atoms in total. The summed E-state index contributed by atoms with van der Waals surface area (Å²) in [4.78, 5) is 10.4. The first-order valence-electron chi connectivity index (χ1n) is 3.22. The number of esters is 1. The molecule has 10 heavy (non-hydrogen) atoms. The minimum absolute atomic E-state index is 0.0880. The van der Waals surface area contributed by atoms with Crippen LogP contribution in [0.25, 0.3) is 0 Å². The Morgan fingerprint density at radius 2 is 2.00 bits per heavy atom. The van der Waals surface area contributed by atoms with Crippen LogP contribution in [0.1, 0.15) is 26.7 Å². The van der Waals surface area contributed by atoms with Gasteiger partial charge >= 0.3 is 5.97 Å². The first kappa shape index (κ1) is 12.1. The summed E-state index contributed by atoms with van der Waals surface area (Å²) in [7, 11) is 0. The minimum atomic E-state index is -0.0880. The van der Waals surface area contributed by atoms with Crippen LogP contribution in [0.4, 0.5) is 0 Å². The second kappa shape index (κ2) is 11.2. The van der Waals surface area contributed by atoms with Crippen LogP contribution < -0.4 is 5.90 Å². The Labute approximate surface area is 60.9 Å². The summed E-state index contributed by atoms with van der Waals surface area (Å²) in [5.74, 6) is 3.41. The molecule has 0 aromatic heterocycles. The predicted octanol–water partition coefficient (Wildman–Crippen LogP) is 0.684. The van der Waals surface area contributed by atoms with E-state index in [1.807, 2.05) is 13.8 Å². The maximum absolute atomic E-state index is 10.4. The van der Waals surface area contributed by atoms with Gasteiger partial charge in [0.2, 0.25) is 0 Å². The van der Waals surface area contributed by atoms with E-state index in [1.165, 1.54) is 0 Å². The summed E-state index contributed by atoms with van der Waals surface area (Å²) < 4.78 is 4.64. The number of hydrogen-bond acceptors (Lipinski definition) is 4. The quantitative estimate of drug-likeness (QED) is 0.457. The van der Waals surface area contributed by atoms with Crippen LogP contribution in [0.5, 0.6) is 0 Å². The molecule has 62 valence electrons. The lowest BCUT2D eigenvalue weighted by molar-refractivity contribution is -0.143. The third-order valence-corrected chi connectivity index (χ3v) is 0.759. The molecule has 0 bridgehead atoms. The predicted molar refractivity (Wildman–Crippen MR) is 37.5 cm³/mol. The van der Waals surface area contributed by atoms with E-state index in [4.69, 9.17) is 5.21 Å². The number of carbonyl (C=O) groups excluding carboxylic acids is 1. The summed E-state index contributed by atoms with van der Waals surface area (Å²) in [6, 6.07) is 0. The molecular weight excluding hydrogens is 134 g/mol. The van der Waals surface area contributed by atoms with Crippen molar-refractivity contribution < 1.29 is 14.7 Å². The Balaban J connectivity index is 0. The average Bonchev–Trinajstić information content (AvgIpc) is 1.93. The molecule has 0 heterocycles. The zero-order chi connectivity index (χ0) is 8.41. The number of rotatable bonds is 3. The van der Waals surface area contributed by atoms with Crippen LogP contribution in [-0.4, -0.2) is 17.8 Å². The van der Waals surface area contributed by atoms with Gasteiger partial charge in [-0.1, -0.05) is 6.92 Å². The smallest absolute Gasteiger partial charge is 0.305 e. The number of nitrogens with two attached hydrogens (primary N) is 1. The molecule has 0 atom stereocenters. The van der Waals surface area contributed by atoms with Crippen molar-refractivity contribution >= 4 is 5.97 Å². The zero-order valence-corrected chi connectivity index (χ0v) is 6.46. The molecular formula is C6H15NO3. The van der Waals surface area contributed by atoms with Gasteiger partial charge in [0, 0.05) is 6.42 Å². The van der Waals surface area contributed by atoms with Crippen LogP contribution in [0.2, 0.25) is 0 Å². The highest BCUT2D eigenvalue weighted by Gasteiger charge is 1.95. The Morgan fingerprint density at radius 3 is 2.30 bits per heavy atom. The lowest BCUT2D eigenvalue weighted by Gasteiger charge is -1.96. The van der Waals surface area contributed by atoms with Crippen molar-refractivity contribution in [3.63, 3.8) is 0 Å². The van der Waals surface area contributed by atoms with Crippen molar-refractivity contribution in [2.75, 3.05) is 6.61 Å². The van der Waals surface area contributed by atoms with Crippen LogP contribution in [-0.2, 0) is 9.53 Å². The number of ether oxygens (including phenoxy) is 1. The van der Waals surface area contributed by atoms with Gasteiger partial charge in [0.1, 0.15) is 0 Å². The van der Waals surface area contributed by atoms with E-state index in [0.717, 1.165) is 6.42 Å². The molecule has 3 N–H and O–H groups in total. The van der Waals surface area contributed by atoms with Crippen molar-refractivity contribution in [3.05, 3.63) is 0 Å². The van der Waals surface area contributed by atoms with E-state index in [1.54, 1.807) is 0 Å². The molecule has 0 aromatic carbocycles. The maximum atomic E-state index is 10.4. The Kier molecular flexibility index (Phi) is 13.6. The van der Waals surface area contributed by atoms with Crippen molar-refractivity contribution in [2.24, 2.45) is 5.90 Å². The van der Waals surface area contributed by atoms with Crippen LogP contribution in [0, 0.1) is 0 Å². The van der Waals surface area contributed by atoms with Gasteiger partial charge in [0.05, 0.1) is 6.61 Å². The van der Waals surface area contributed by atoms with E-state index in [9.17, 15) is 4.79 Å². The third-order valence-electron chi connectivity index (χ3n) is 0.759. The van der Waals surface area contributed by atoms with Crippen molar-refractivity contribution in [3.8, 4) is 0 Å². The SMILES string of the molecule is CCCC(=O)OCC.NO. The maximum Gasteiger partial charge on any atom is 0.305 e. The topological polar surface area (TPSA) is 72.5 Å². The van der Waals surface area contributed by atoms with Crippen LogP contribution >= 0.6 is 0 Å². The van der Waals surface area contributed by atoms with Crippen molar-refractivity contribution in [1.82, 2.24) is 0 Å². The number of hydrogen-bond donors (Lipinski definition) is 2. The van der Waals surface area contributed by atoms with Gasteiger partial charge < -0.3 is 9.94 Å². The monoisotopic (exact) mass is 149 g/mol. The van der Waals surface area contributed by atoms with Gasteiger partial charge in [0.25, 0.3) is 0 Å². The van der Waals surface area contributed by atoms with E-state index < -0.39 is 0 Å². The first-order valence-corrected chi connectivity index (χ1v) is 3.22. The van der Waals surface area contributed by atoms with E-state index in [2.05, 4.69) is 10.6 Å². The second-order valence-electron chi connectivity index (χ2n) is 1.56. The third kappa shape index (κ3) is 10.4. The lowest BCUT2D eigenvalue weighted by Crippen LogP contribution is -2.01. The molecule has 0 fully saturated rings. The highest BCUT2D eigenvalue weighted by molar-refractivity contribution is 5.69. The molecule has 0 unspecified atom stereocenters. The molecule has 0 aliphatic carbocycles. The summed E-state index contributed by atoms with van der Waals surface area (Å²) in [6.45, 7) is 4.27. The second-order valence-corrected chi connectivity index (χ2v) is 1.56. The normalized spacial score (nSPS) is 7.60.